The highest BCUT2D eigenvalue weighted by Gasteiger charge is 2.31. The lowest BCUT2D eigenvalue weighted by Gasteiger charge is -2.42. The molecule has 1 heterocycles. The van der Waals surface area contributed by atoms with Crippen molar-refractivity contribution in [1.82, 2.24) is 10.2 Å². The van der Waals surface area contributed by atoms with Gasteiger partial charge in [0.25, 0.3) is 0 Å². The predicted octanol–water partition coefficient (Wildman–Crippen LogP) is 2.62. The normalized spacial score (nSPS) is 30.2. The Bertz CT molecular complexity index is 357. The lowest BCUT2D eigenvalue weighted by Crippen LogP contribution is -2.51. The van der Waals surface area contributed by atoms with E-state index in [9.17, 15) is 0 Å². The summed E-state index contributed by atoms with van der Waals surface area (Å²) in [6.07, 6.45) is 5.58. The van der Waals surface area contributed by atoms with E-state index in [-0.39, 0.29) is 0 Å². The number of hydrogen-bond donors (Lipinski definition) is 1. The minimum absolute atomic E-state index is 0.762. The zero-order valence-electron chi connectivity index (χ0n) is 11.1. The van der Waals surface area contributed by atoms with Crippen LogP contribution in [-0.4, -0.2) is 37.1 Å². The van der Waals surface area contributed by atoms with Crippen molar-refractivity contribution >= 4 is 0 Å². The maximum atomic E-state index is 3.47. The summed E-state index contributed by atoms with van der Waals surface area (Å²) in [5.74, 6) is 0.762. The van der Waals surface area contributed by atoms with Crippen molar-refractivity contribution in [2.24, 2.45) is 0 Å². The zero-order chi connectivity index (χ0) is 12.2. The third kappa shape index (κ3) is 2.60. The second-order valence-electron chi connectivity index (χ2n) is 5.65. The molecule has 0 aromatic heterocycles. The van der Waals surface area contributed by atoms with Gasteiger partial charge in [-0.1, -0.05) is 43.2 Å². The summed E-state index contributed by atoms with van der Waals surface area (Å²) in [6.45, 7) is 4.79. The van der Waals surface area contributed by atoms with Crippen LogP contribution in [0.25, 0.3) is 0 Å². The van der Waals surface area contributed by atoms with Gasteiger partial charge in [0.2, 0.25) is 0 Å². The Balaban J connectivity index is 1.77. The summed E-state index contributed by atoms with van der Waals surface area (Å²) in [7, 11) is 0. The van der Waals surface area contributed by atoms with Crippen molar-refractivity contribution in [2.45, 2.75) is 37.6 Å². The number of piperazine rings is 1. The maximum absolute atomic E-state index is 3.47. The third-order valence-corrected chi connectivity index (χ3v) is 4.58. The molecule has 1 saturated carbocycles. The minimum Gasteiger partial charge on any atom is -0.314 e. The quantitative estimate of drug-likeness (QED) is 0.860. The van der Waals surface area contributed by atoms with E-state index in [0.29, 0.717) is 0 Å². The molecule has 1 aliphatic heterocycles. The van der Waals surface area contributed by atoms with Gasteiger partial charge in [0.15, 0.2) is 0 Å². The van der Waals surface area contributed by atoms with Crippen molar-refractivity contribution in [3.63, 3.8) is 0 Å². The molecule has 1 N–H and O–H groups in total. The molecule has 1 aromatic rings. The van der Waals surface area contributed by atoms with Crippen LogP contribution in [0.1, 0.15) is 37.2 Å². The Morgan fingerprint density at radius 1 is 0.944 bits per heavy atom. The lowest BCUT2D eigenvalue weighted by atomic mass is 9.79. The number of hydrogen-bond acceptors (Lipinski definition) is 2. The molecule has 2 aliphatic rings. The standard InChI is InChI=1S/C16H24N2/c1-2-6-14(7-3-1)15-8-4-5-9-16(15)18-12-10-17-11-13-18/h1-3,6-7,15-17H,4-5,8-13H2. The molecule has 2 atom stereocenters. The monoisotopic (exact) mass is 244 g/mol. The molecule has 1 saturated heterocycles. The second-order valence-corrected chi connectivity index (χ2v) is 5.65. The Morgan fingerprint density at radius 2 is 1.67 bits per heavy atom. The van der Waals surface area contributed by atoms with E-state index in [1.807, 2.05) is 0 Å². The van der Waals surface area contributed by atoms with Crippen LogP contribution in [-0.2, 0) is 0 Å². The van der Waals surface area contributed by atoms with E-state index in [2.05, 4.69) is 40.5 Å². The molecule has 1 aliphatic carbocycles. The first-order valence-electron chi connectivity index (χ1n) is 7.45. The average molecular weight is 244 g/mol. The Morgan fingerprint density at radius 3 is 2.44 bits per heavy atom. The van der Waals surface area contributed by atoms with Gasteiger partial charge in [0.1, 0.15) is 0 Å². The molecule has 0 bridgehead atoms. The predicted molar refractivity (Wildman–Crippen MR) is 75.9 cm³/mol. The van der Waals surface area contributed by atoms with Gasteiger partial charge in [-0.15, -0.1) is 0 Å². The molecule has 2 fully saturated rings. The molecule has 0 spiro atoms. The zero-order valence-corrected chi connectivity index (χ0v) is 11.1. The van der Waals surface area contributed by atoms with Crippen LogP contribution in [0.15, 0.2) is 30.3 Å². The molecule has 3 rings (SSSR count). The maximum Gasteiger partial charge on any atom is 0.0165 e. The number of benzene rings is 1. The van der Waals surface area contributed by atoms with Gasteiger partial charge in [0, 0.05) is 32.2 Å². The first-order chi connectivity index (χ1) is 8.95. The van der Waals surface area contributed by atoms with Crippen molar-refractivity contribution in [3.05, 3.63) is 35.9 Å². The van der Waals surface area contributed by atoms with Crippen LogP contribution >= 0.6 is 0 Å². The summed E-state index contributed by atoms with van der Waals surface area (Å²) in [4.78, 5) is 2.73. The minimum atomic E-state index is 0.762. The second kappa shape index (κ2) is 5.85. The van der Waals surface area contributed by atoms with Crippen molar-refractivity contribution < 1.29 is 0 Å². The topological polar surface area (TPSA) is 15.3 Å². The fourth-order valence-electron chi connectivity index (χ4n) is 3.65. The summed E-state index contributed by atoms with van der Waals surface area (Å²) in [5, 5.41) is 3.47. The summed E-state index contributed by atoms with van der Waals surface area (Å²) in [6, 6.07) is 11.9. The van der Waals surface area contributed by atoms with Crippen molar-refractivity contribution in [1.29, 1.82) is 0 Å². The van der Waals surface area contributed by atoms with Gasteiger partial charge >= 0.3 is 0 Å². The lowest BCUT2D eigenvalue weighted by molar-refractivity contribution is 0.120. The molecule has 98 valence electrons. The highest BCUT2D eigenvalue weighted by Crippen LogP contribution is 2.36. The first kappa shape index (κ1) is 12.2. The first-order valence-corrected chi connectivity index (χ1v) is 7.45. The largest absolute Gasteiger partial charge is 0.314 e. The molecule has 2 unspecified atom stereocenters. The molecule has 0 radical (unpaired) electrons. The molecule has 2 nitrogen and oxygen atoms in total. The van der Waals surface area contributed by atoms with Gasteiger partial charge < -0.3 is 5.32 Å². The Labute approximate surface area is 110 Å². The van der Waals surface area contributed by atoms with Crippen LogP contribution in [0.2, 0.25) is 0 Å². The fourth-order valence-corrected chi connectivity index (χ4v) is 3.65. The number of nitrogens with one attached hydrogen (secondary N) is 1. The number of rotatable bonds is 2. The summed E-state index contributed by atoms with van der Waals surface area (Å²) in [5.41, 5.74) is 1.56. The number of nitrogens with zero attached hydrogens (tertiary/aromatic N) is 1. The Hall–Kier alpha value is -0.860. The average Bonchev–Trinajstić information content (AvgIpc) is 2.49. The van der Waals surface area contributed by atoms with Crippen LogP contribution in [0.5, 0.6) is 0 Å². The van der Waals surface area contributed by atoms with Gasteiger partial charge in [-0.3, -0.25) is 4.90 Å². The molecule has 18 heavy (non-hydrogen) atoms. The van der Waals surface area contributed by atoms with Crippen LogP contribution < -0.4 is 5.32 Å². The molecular formula is C16H24N2. The molecule has 0 amide bonds. The van der Waals surface area contributed by atoms with Crippen LogP contribution in [0, 0.1) is 0 Å². The van der Waals surface area contributed by atoms with Gasteiger partial charge in [0.05, 0.1) is 0 Å². The van der Waals surface area contributed by atoms with E-state index < -0.39 is 0 Å². The molecular weight excluding hydrogens is 220 g/mol. The van der Waals surface area contributed by atoms with Gasteiger partial charge in [-0.25, -0.2) is 0 Å². The smallest absolute Gasteiger partial charge is 0.0165 e. The summed E-state index contributed by atoms with van der Waals surface area (Å²) >= 11 is 0. The highest BCUT2D eigenvalue weighted by atomic mass is 15.2. The third-order valence-electron chi connectivity index (χ3n) is 4.58. The van der Waals surface area contributed by atoms with E-state index in [1.54, 1.807) is 5.56 Å². The van der Waals surface area contributed by atoms with E-state index >= 15 is 0 Å². The van der Waals surface area contributed by atoms with Crippen LogP contribution in [0.4, 0.5) is 0 Å². The van der Waals surface area contributed by atoms with Crippen LogP contribution in [0.3, 0.4) is 0 Å². The van der Waals surface area contributed by atoms with Crippen molar-refractivity contribution in [3.8, 4) is 0 Å². The SMILES string of the molecule is c1ccc(C2CCCCC2N2CCNCC2)cc1. The Kier molecular flexibility index (Phi) is 3.96. The van der Waals surface area contributed by atoms with Crippen molar-refractivity contribution in [2.75, 3.05) is 26.2 Å². The molecule has 2 heteroatoms. The highest BCUT2D eigenvalue weighted by molar-refractivity contribution is 5.22. The molecule has 1 aromatic carbocycles. The van der Waals surface area contributed by atoms with Gasteiger partial charge in [-0.05, 0) is 24.3 Å². The van der Waals surface area contributed by atoms with E-state index in [0.717, 1.165) is 25.0 Å². The fraction of sp³-hybridized carbons (Fsp3) is 0.625. The van der Waals surface area contributed by atoms with Gasteiger partial charge in [-0.2, -0.15) is 0 Å². The summed E-state index contributed by atoms with van der Waals surface area (Å²) < 4.78 is 0. The van der Waals surface area contributed by atoms with E-state index in [4.69, 9.17) is 0 Å². The van der Waals surface area contributed by atoms with E-state index in [1.165, 1.54) is 38.8 Å².